The van der Waals surface area contributed by atoms with Gasteiger partial charge in [-0.1, -0.05) is 15.9 Å². The van der Waals surface area contributed by atoms with Gasteiger partial charge in [-0.3, -0.25) is 9.89 Å². The van der Waals surface area contributed by atoms with Gasteiger partial charge >= 0.3 is 0 Å². The van der Waals surface area contributed by atoms with Crippen LogP contribution in [0.25, 0.3) is 0 Å². The molecule has 2 rings (SSSR count). The maximum absolute atomic E-state index is 12.0. The number of nitrogens with one attached hydrogen (secondary N) is 2. The number of nitrogens with two attached hydrogens (primary N) is 1. The lowest BCUT2D eigenvalue weighted by Crippen LogP contribution is -2.14. The van der Waals surface area contributed by atoms with E-state index in [1.165, 1.54) is 0 Å². The number of amides is 1. The van der Waals surface area contributed by atoms with Crippen LogP contribution >= 0.6 is 15.9 Å². The van der Waals surface area contributed by atoms with Gasteiger partial charge in [0.2, 0.25) is 0 Å². The second kappa shape index (κ2) is 4.81. The molecule has 0 saturated carbocycles. The molecule has 1 amide bonds. The minimum Gasteiger partial charge on any atom is -0.395 e. The molecular weight excluding hydrogens is 296 g/mol. The normalized spacial score (nSPS) is 10.4. The number of anilines is 2. The molecular formula is C12H13BrN4O. The summed E-state index contributed by atoms with van der Waals surface area (Å²) in [7, 11) is 0. The fourth-order valence-corrected chi connectivity index (χ4v) is 2.22. The topological polar surface area (TPSA) is 83.8 Å². The Morgan fingerprint density at radius 3 is 2.67 bits per heavy atom. The fourth-order valence-electron chi connectivity index (χ4n) is 1.61. The molecule has 0 radical (unpaired) electrons. The number of benzene rings is 1. The molecule has 0 fully saturated rings. The molecule has 0 aliphatic rings. The highest BCUT2D eigenvalue weighted by Gasteiger charge is 2.15. The van der Waals surface area contributed by atoms with Gasteiger partial charge in [-0.25, -0.2) is 0 Å². The van der Waals surface area contributed by atoms with Crippen LogP contribution in [0.2, 0.25) is 0 Å². The summed E-state index contributed by atoms with van der Waals surface area (Å²) >= 11 is 3.38. The number of aryl methyl sites for hydroxylation is 2. The lowest BCUT2D eigenvalue weighted by atomic mass is 10.2. The summed E-state index contributed by atoms with van der Waals surface area (Å²) in [5.41, 5.74) is 8.77. The Balaban J connectivity index is 2.24. The minimum atomic E-state index is -0.325. The zero-order chi connectivity index (χ0) is 13.3. The highest BCUT2D eigenvalue weighted by molar-refractivity contribution is 9.10. The van der Waals surface area contributed by atoms with Crippen LogP contribution in [0.4, 0.5) is 11.4 Å². The smallest absolute Gasteiger partial charge is 0.278 e. The number of hydrogen-bond acceptors (Lipinski definition) is 3. The summed E-state index contributed by atoms with van der Waals surface area (Å²) in [5, 5.41) is 9.33. The number of hydrogen-bond donors (Lipinski definition) is 3. The van der Waals surface area contributed by atoms with Crippen LogP contribution in [-0.4, -0.2) is 16.1 Å². The highest BCUT2D eigenvalue weighted by Crippen LogP contribution is 2.20. The second-order valence-electron chi connectivity index (χ2n) is 4.08. The lowest BCUT2D eigenvalue weighted by molar-refractivity contribution is 0.102. The van der Waals surface area contributed by atoms with Gasteiger partial charge in [0.05, 0.1) is 11.4 Å². The average Bonchev–Trinajstić information content (AvgIpc) is 2.58. The standard InChI is InChI=1S/C12H13BrN4O/c1-6-3-8(13)5-9(4-6)15-12(18)11-10(14)7(2)16-17-11/h3-5H,14H2,1-2H3,(H,15,18)(H,16,17). The largest absolute Gasteiger partial charge is 0.395 e. The van der Waals surface area contributed by atoms with Gasteiger partial charge in [0.15, 0.2) is 5.69 Å². The van der Waals surface area contributed by atoms with Crippen molar-refractivity contribution < 1.29 is 4.79 Å². The van der Waals surface area contributed by atoms with Crippen LogP contribution < -0.4 is 11.1 Å². The van der Waals surface area contributed by atoms with E-state index in [2.05, 4.69) is 31.4 Å². The highest BCUT2D eigenvalue weighted by atomic mass is 79.9. The van der Waals surface area contributed by atoms with E-state index in [0.717, 1.165) is 10.0 Å². The molecule has 1 aromatic heterocycles. The molecule has 1 heterocycles. The van der Waals surface area contributed by atoms with Gasteiger partial charge < -0.3 is 11.1 Å². The number of halogens is 1. The van der Waals surface area contributed by atoms with Crippen molar-refractivity contribution in [2.45, 2.75) is 13.8 Å². The SMILES string of the molecule is Cc1cc(Br)cc(NC(=O)c2n[nH]c(C)c2N)c1. The molecule has 0 atom stereocenters. The third kappa shape index (κ3) is 2.53. The zero-order valence-corrected chi connectivity index (χ0v) is 11.6. The van der Waals surface area contributed by atoms with Crippen LogP contribution in [0, 0.1) is 13.8 Å². The number of aromatic amines is 1. The maximum atomic E-state index is 12.0. The predicted molar refractivity (Wildman–Crippen MR) is 74.6 cm³/mol. The third-order valence-electron chi connectivity index (χ3n) is 2.51. The van der Waals surface area contributed by atoms with Crippen molar-refractivity contribution in [2.75, 3.05) is 11.1 Å². The molecule has 1 aromatic carbocycles. The number of nitrogens with zero attached hydrogens (tertiary/aromatic N) is 1. The Morgan fingerprint density at radius 1 is 1.39 bits per heavy atom. The first kappa shape index (κ1) is 12.6. The van der Waals surface area contributed by atoms with Crippen LogP contribution in [0.1, 0.15) is 21.7 Å². The quantitative estimate of drug-likeness (QED) is 0.797. The molecule has 0 aliphatic carbocycles. The number of nitrogen functional groups attached to an aromatic ring is 1. The van der Waals surface area contributed by atoms with E-state index in [0.29, 0.717) is 17.1 Å². The summed E-state index contributed by atoms with van der Waals surface area (Å²) in [6.45, 7) is 3.72. The first-order valence-electron chi connectivity index (χ1n) is 5.36. The summed E-state index contributed by atoms with van der Waals surface area (Å²) in [6.07, 6.45) is 0. The molecule has 0 spiro atoms. The van der Waals surface area contributed by atoms with Gasteiger partial charge in [0.25, 0.3) is 5.91 Å². The summed E-state index contributed by atoms with van der Waals surface area (Å²) in [4.78, 5) is 12.0. The molecule has 94 valence electrons. The number of rotatable bonds is 2. The molecule has 2 aromatic rings. The minimum absolute atomic E-state index is 0.213. The maximum Gasteiger partial charge on any atom is 0.278 e. The Hall–Kier alpha value is -1.82. The summed E-state index contributed by atoms with van der Waals surface area (Å²) in [5.74, 6) is -0.325. The number of carbonyl (C=O) groups excluding carboxylic acids is 1. The Labute approximate surface area is 113 Å². The molecule has 0 unspecified atom stereocenters. The average molecular weight is 309 g/mol. The zero-order valence-electron chi connectivity index (χ0n) is 10.0. The van der Waals surface area contributed by atoms with E-state index in [1.54, 1.807) is 6.92 Å². The summed E-state index contributed by atoms with van der Waals surface area (Å²) in [6, 6.07) is 5.65. The van der Waals surface area contributed by atoms with Crippen LogP contribution in [-0.2, 0) is 0 Å². The summed E-state index contributed by atoms with van der Waals surface area (Å²) < 4.78 is 0.906. The Bertz CT molecular complexity index is 586. The molecule has 6 heteroatoms. The molecule has 0 aliphatic heterocycles. The molecule has 0 bridgehead atoms. The van der Waals surface area contributed by atoms with E-state index in [-0.39, 0.29) is 11.6 Å². The van der Waals surface area contributed by atoms with E-state index in [4.69, 9.17) is 5.73 Å². The van der Waals surface area contributed by atoms with Gasteiger partial charge in [-0.15, -0.1) is 0 Å². The van der Waals surface area contributed by atoms with Crippen molar-refractivity contribution in [1.29, 1.82) is 0 Å². The van der Waals surface area contributed by atoms with E-state index >= 15 is 0 Å². The third-order valence-corrected chi connectivity index (χ3v) is 2.97. The van der Waals surface area contributed by atoms with Crippen molar-refractivity contribution >= 4 is 33.2 Å². The lowest BCUT2D eigenvalue weighted by Gasteiger charge is -2.06. The molecule has 5 nitrogen and oxygen atoms in total. The van der Waals surface area contributed by atoms with E-state index in [1.807, 2.05) is 25.1 Å². The molecule has 4 N–H and O–H groups in total. The Morgan fingerprint density at radius 2 is 2.11 bits per heavy atom. The van der Waals surface area contributed by atoms with Crippen molar-refractivity contribution in [3.63, 3.8) is 0 Å². The second-order valence-corrected chi connectivity index (χ2v) is 5.00. The van der Waals surface area contributed by atoms with Crippen molar-refractivity contribution in [3.8, 4) is 0 Å². The van der Waals surface area contributed by atoms with Crippen molar-refractivity contribution in [2.24, 2.45) is 0 Å². The number of aromatic nitrogens is 2. The van der Waals surface area contributed by atoms with Gasteiger partial charge in [0.1, 0.15) is 0 Å². The monoisotopic (exact) mass is 308 g/mol. The molecule has 0 saturated heterocycles. The van der Waals surface area contributed by atoms with E-state index in [9.17, 15) is 4.79 Å². The predicted octanol–water partition coefficient (Wildman–Crippen LogP) is 2.62. The Kier molecular flexibility index (Phi) is 3.38. The number of carbonyl (C=O) groups is 1. The fraction of sp³-hybridized carbons (Fsp3) is 0.167. The van der Waals surface area contributed by atoms with Crippen LogP contribution in [0.3, 0.4) is 0 Å². The van der Waals surface area contributed by atoms with Gasteiger partial charge in [-0.05, 0) is 37.6 Å². The van der Waals surface area contributed by atoms with Crippen molar-refractivity contribution in [1.82, 2.24) is 10.2 Å². The van der Waals surface area contributed by atoms with Crippen LogP contribution in [0.5, 0.6) is 0 Å². The first-order valence-corrected chi connectivity index (χ1v) is 6.15. The van der Waals surface area contributed by atoms with Crippen LogP contribution in [0.15, 0.2) is 22.7 Å². The van der Waals surface area contributed by atoms with E-state index < -0.39 is 0 Å². The van der Waals surface area contributed by atoms with Gasteiger partial charge in [0, 0.05) is 10.2 Å². The first-order chi connectivity index (χ1) is 8.47. The van der Waals surface area contributed by atoms with Crippen molar-refractivity contribution in [3.05, 3.63) is 39.6 Å². The number of H-pyrrole nitrogens is 1. The molecule has 18 heavy (non-hydrogen) atoms. The van der Waals surface area contributed by atoms with Gasteiger partial charge in [-0.2, -0.15) is 5.10 Å².